The molecule has 104 valence electrons. The van der Waals surface area contributed by atoms with Crippen LogP contribution >= 0.6 is 11.8 Å². The first-order valence-corrected chi connectivity index (χ1v) is 6.87. The standard InChI is InChI=1S/C15H15NO3S/c1-9-8-13(14(15(17)18)10(2)16-9)20-12-7-5-4-6-11(12)19-3/h4-8H,1-3H3,(H,17,18). The predicted molar refractivity (Wildman–Crippen MR) is 77.8 cm³/mol. The molecule has 1 aromatic heterocycles. The number of aromatic nitrogens is 1. The molecule has 0 radical (unpaired) electrons. The van der Waals surface area contributed by atoms with Gasteiger partial charge in [0.1, 0.15) is 5.75 Å². The van der Waals surface area contributed by atoms with Crippen LogP contribution in [0.1, 0.15) is 21.7 Å². The fourth-order valence-corrected chi connectivity index (χ4v) is 3.16. The Hall–Kier alpha value is -2.01. The van der Waals surface area contributed by atoms with Crippen LogP contribution in [-0.4, -0.2) is 23.2 Å². The summed E-state index contributed by atoms with van der Waals surface area (Å²) in [7, 11) is 1.60. The number of aryl methyl sites for hydroxylation is 2. The summed E-state index contributed by atoms with van der Waals surface area (Å²) in [4.78, 5) is 17.2. The van der Waals surface area contributed by atoms with Crippen molar-refractivity contribution in [1.82, 2.24) is 4.98 Å². The van der Waals surface area contributed by atoms with Crippen molar-refractivity contribution in [3.63, 3.8) is 0 Å². The summed E-state index contributed by atoms with van der Waals surface area (Å²) in [5.41, 5.74) is 1.56. The number of hydrogen-bond acceptors (Lipinski definition) is 4. The van der Waals surface area contributed by atoms with Gasteiger partial charge in [-0.3, -0.25) is 4.98 Å². The Morgan fingerprint density at radius 3 is 2.60 bits per heavy atom. The van der Waals surface area contributed by atoms with Crippen LogP contribution in [0.2, 0.25) is 0 Å². The van der Waals surface area contributed by atoms with E-state index in [1.54, 1.807) is 20.1 Å². The highest BCUT2D eigenvalue weighted by atomic mass is 32.2. The molecule has 4 nitrogen and oxygen atoms in total. The first-order valence-electron chi connectivity index (χ1n) is 6.05. The van der Waals surface area contributed by atoms with Crippen molar-refractivity contribution in [3.05, 3.63) is 47.3 Å². The van der Waals surface area contributed by atoms with Crippen molar-refractivity contribution in [3.8, 4) is 5.75 Å². The van der Waals surface area contributed by atoms with Gasteiger partial charge in [-0.2, -0.15) is 0 Å². The highest BCUT2D eigenvalue weighted by molar-refractivity contribution is 7.99. The zero-order valence-electron chi connectivity index (χ0n) is 11.5. The minimum atomic E-state index is -0.965. The van der Waals surface area contributed by atoms with E-state index >= 15 is 0 Å². The third-order valence-corrected chi connectivity index (χ3v) is 3.89. The molecule has 0 unspecified atom stereocenters. The van der Waals surface area contributed by atoms with Gasteiger partial charge in [0.15, 0.2) is 0 Å². The van der Waals surface area contributed by atoms with Crippen LogP contribution in [0, 0.1) is 13.8 Å². The first-order chi connectivity index (χ1) is 9.52. The van der Waals surface area contributed by atoms with Gasteiger partial charge in [0.2, 0.25) is 0 Å². The van der Waals surface area contributed by atoms with Crippen molar-refractivity contribution in [2.75, 3.05) is 7.11 Å². The van der Waals surface area contributed by atoms with Crippen LogP contribution < -0.4 is 4.74 Å². The Kier molecular flexibility index (Phi) is 4.29. The van der Waals surface area contributed by atoms with Gasteiger partial charge in [0.05, 0.1) is 23.3 Å². The van der Waals surface area contributed by atoms with Crippen molar-refractivity contribution in [1.29, 1.82) is 0 Å². The quantitative estimate of drug-likeness (QED) is 0.932. The number of carbonyl (C=O) groups is 1. The molecule has 5 heteroatoms. The molecule has 1 N–H and O–H groups in total. The highest BCUT2D eigenvalue weighted by Gasteiger charge is 2.17. The first kappa shape index (κ1) is 14.4. The van der Waals surface area contributed by atoms with Crippen molar-refractivity contribution in [2.45, 2.75) is 23.6 Å². The van der Waals surface area contributed by atoms with Crippen LogP contribution in [-0.2, 0) is 0 Å². The molecule has 0 atom stereocenters. The minimum Gasteiger partial charge on any atom is -0.496 e. The molecule has 1 heterocycles. The molecule has 0 aliphatic carbocycles. The number of hydrogen-bond donors (Lipinski definition) is 1. The van der Waals surface area contributed by atoms with Gasteiger partial charge in [0.25, 0.3) is 0 Å². The fraction of sp³-hybridized carbons (Fsp3) is 0.200. The number of benzene rings is 1. The molecule has 0 aliphatic heterocycles. The summed E-state index contributed by atoms with van der Waals surface area (Å²) in [6.07, 6.45) is 0. The zero-order chi connectivity index (χ0) is 14.7. The number of aromatic carboxylic acids is 1. The van der Waals surface area contributed by atoms with E-state index in [1.165, 1.54) is 11.8 Å². The fourth-order valence-electron chi connectivity index (χ4n) is 1.96. The molecule has 0 fully saturated rings. The van der Waals surface area contributed by atoms with Gasteiger partial charge in [-0.1, -0.05) is 23.9 Å². The normalized spacial score (nSPS) is 10.3. The van der Waals surface area contributed by atoms with E-state index < -0.39 is 5.97 Å². The molecule has 0 aliphatic rings. The lowest BCUT2D eigenvalue weighted by Crippen LogP contribution is -2.05. The summed E-state index contributed by atoms with van der Waals surface area (Å²) in [5.74, 6) is -0.242. The van der Waals surface area contributed by atoms with Gasteiger partial charge in [-0.25, -0.2) is 4.79 Å². The number of pyridine rings is 1. The van der Waals surface area contributed by atoms with E-state index in [9.17, 15) is 9.90 Å². The molecule has 2 aromatic rings. The van der Waals surface area contributed by atoms with Crippen LogP contribution in [0.25, 0.3) is 0 Å². The third-order valence-electron chi connectivity index (χ3n) is 2.80. The van der Waals surface area contributed by atoms with Gasteiger partial charge in [-0.05, 0) is 32.0 Å². The number of nitrogens with zero attached hydrogens (tertiary/aromatic N) is 1. The second kappa shape index (κ2) is 5.96. The van der Waals surface area contributed by atoms with Gasteiger partial charge < -0.3 is 9.84 Å². The van der Waals surface area contributed by atoms with Crippen LogP contribution in [0.5, 0.6) is 5.75 Å². The van der Waals surface area contributed by atoms with Crippen LogP contribution in [0.3, 0.4) is 0 Å². The molecule has 0 saturated heterocycles. The van der Waals surface area contributed by atoms with Gasteiger partial charge >= 0.3 is 5.97 Å². The van der Waals surface area contributed by atoms with Crippen LogP contribution in [0.15, 0.2) is 40.1 Å². The maximum atomic E-state index is 11.4. The van der Waals surface area contributed by atoms with E-state index in [0.717, 1.165) is 16.3 Å². The Labute approximate surface area is 121 Å². The van der Waals surface area contributed by atoms with Gasteiger partial charge in [0, 0.05) is 10.6 Å². The number of methoxy groups -OCH3 is 1. The second-order valence-corrected chi connectivity index (χ2v) is 5.36. The maximum Gasteiger partial charge on any atom is 0.338 e. The Bertz CT molecular complexity index is 656. The molecular weight excluding hydrogens is 274 g/mol. The van der Waals surface area contributed by atoms with E-state index in [2.05, 4.69) is 4.98 Å². The van der Waals surface area contributed by atoms with Crippen molar-refractivity contribution >= 4 is 17.7 Å². The molecule has 20 heavy (non-hydrogen) atoms. The summed E-state index contributed by atoms with van der Waals surface area (Å²) in [5, 5.41) is 9.36. The topological polar surface area (TPSA) is 59.4 Å². The third kappa shape index (κ3) is 2.93. The van der Waals surface area contributed by atoms with Gasteiger partial charge in [-0.15, -0.1) is 0 Å². The smallest absolute Gasteiger partial charge is 0.338 e. The Balaban J connectivity index is 2.50. The van der Waals surface area contributed by atoms with E-state index in [-0.39, 0.29) is 5.56 Å². The molecule has 0 spiro atoms. The SMILES string of the molecule is COc1ccccc1Sc1cc(C)nc(C)c1C(=O)O. The van der Waals surface area contributed by atoms with Crippen molar-refractivity contribution < 1.29 is 14.6 Å². The summed E-state index contributed by atoms with van der Waals surface area (Å²) >= 11 is 1.38. The highest BCUT2D eigenvalue weighted by Crippen LogP contribution is 2.37. The molecule has 0 bridgehead atoms. The Morgan fingerprint density at radius 1 is 1.25 bits per heavy atom. The predicted octanol–water partition coefficient (Wildman–Crippen LogP) is 3.56. The number of rotatable bonds is 4. The summed E-state index contributed by atoms with van der Waals surface area (Å²) < 4.78 is 5.29. The molecule has 2 rings (SSSR count). The largest absolute Gasteiger partial charge is 0.496 e. The lowest BCUT2D eigenvalue weighted by Gasteiger charge is -2.11. The van der Waals surface area contributed by atoms with Crippen molar-refractivity contribution in [2.24, 2.45) is 0 Å². The van der Waals surface area contributed by atoms with E-state index in [4.69, 9.17) is 4.74 Å². The van der Waals surface area contributed by atoms with Crippen LogP contribution in [0.4, 0.5) is 0 Å². The lowest BCUT2D eigenvalue weighted by molar-refractivity contribution is 0.0691. The molecule has 1 aromatic carbocycles. The number of carboxylic acids is 1. The maximum absolute atomic E-state index is 11.4. The average molecular weight is 289 g/mol. The molecular formula is C15H15NO3S. The summed E-state index contributed by atoms with van der Waals surface area (Å²) in [6, 6.07) is 9.31. The lowest BCUT2D eigenvalue weighted by atomic mass is 10.2. The Morgan fingerprint density at radius 2 is 1.95 bits per heavy atom. The second-order valence-electron chi connectivity index (χ2n) is 4.28. The number of para-hydroxylation sites is 1. The average Bonchev–Trinajstić information content (AvgIpc) is 2.38. The zero-order valence-corrected chi connectivity index (χ0v) is 12.3. The molecule has 0 saturated carbocycles. The summed E-state index contributed by atoms with van der Waals surface area (Å²) in [6.45, 7) is 3.56. The van der Waals surface area contributed by atoms with E-state index in [0.29, 0.717) is 10.6 Å². The molecule has 0 amide bonds. The minimum absolute atomic E-state index is 0.242. The number of ether oxygens (including phenoxy) is 1. The monoisotopic (exact) mass is 289 g/mol. The number of carboxylic acid groups (broad SMARTS) is 1. The van der Waals surface area contributed by atoms with E-state index in [1.807, 2.05) is 31.2 Å².